The molecule has 2 aromatic rings. The van der Waals surface area contributed by atoms with Gasteiger partial charge in [0.25, 0.3) is 5.91 Å². The van der Waals surface area contributed by atoms with E-state index in [2.05, 4.69) is 47.1 Å². The monoisotopic (exact) mass is 547 g/mol. The molecule has 0 saturated carbocycles. The molecule has 6 nitrogen and oxygen atoms in total. The molecule has 0 atom stereocenters. The van der Waals surface area contributed by atoms with Crippen LogP contribution in [0.25, 0.3) is 0 Å². The van der Waals surface area contributed by atoms with Gasteiger partial charge in [0.15, 0.2) is 5.96 Å². The van der Waals surface area contributed by atoms with Gasteiger partial charge >= 0.3 is 0 Å². The number of hydrogen-bond donors (Lipinski definition) is 2. The van der Waals surface area contributed by atoms with E-state index in [9.17, 15) is 4.79 Å². The lowest BCUT2D eigenvalue weighted by molar-refractivity contribution is 0.0963. The van der Waals surface area contributed by atoms with Gasteiger partial charge in [-0.1, -0.05) is 12.1 Å². The highest BCUT2D eigenvalue weighted by Crippen LogP contribution is 2.15. The lowest BCUT2D eigenvalue weighted by Gasteiger charge is -2.22. The van der Waals surface area contributed by atoms with Crippen molar-refractivity contribution in [3.05, 3.63) is 57.8 Å². The van der Waals surface area contributed by atoms with E-state index in [0.29, 0.717) is 5.56 Å². The Morgan fingerprint density at radius 2 is 2.07 bits per heavy atom. The van der Waals surface area contributed by atoms with Crippen LogP contribution < -0.4 is 10.6 Å². The van der Waals surface area contributed by atoms with Crippen molar-refractivity contribution in [2.75, 3.05) is 27.7 Å². The fraction of sp³-hybridized carbons (Fsp3) is 0.368. The second-order valence-corrected chi connectivity index (χ2v) is 7.04. The Bertz CT molecular complexity index is 790. The maximum Gasteiger partial charge on any atom is 0.251 e. The highest BCUT2D eigenvalue weighted by Gasteiger charge is 2.10. The van der Waals surface area contributed by atoms with Gasteiger partial charge in [0, 0.05) is 56.7 Å². The molecule has 8 heteroatoms. The fourth-order valence-corrected chi connectivity index (χ4v) is 3.33. The standard InChI is InChI=1S/C19H26BrN5O.HI/c1-21-18(26)15-7-5-6-14(10-15)8-9-23-19(22-2)25(4)13-17-11-16(20)12-24(17)3;/h5-7,10-12H,8-9,13H2,1-4H3,(H,21,26)(H,22,23);1H. The Morgan fingerprint density at radius 3 is 2.67 bits per heavy atom. The summed E-state index contributed by atoms with van der Waals surface area (Å²) in [5.41, 5.74) is 2.99. The predicted molar refractivity (Wildman–Crippen MR) is 125 cm³/mol. The first-order chi connectivity index (χ1) is 12.4. The number of nitrogens with zero attached hydrogens (tertiary/aromatic N) is 3. The summed E-state index contributed by atoms with van der Waals surface area (Å²) in [7, 11) is 7.47. The average molecular weight is 548 g/mol. The van der Waals surface area contributed by atoms with E-state index < -0.39 is 0 Å². The second-order valence-electron chi connectivity index (χ2n) is 6.12. The number of benzene rings is 1. The lowest BCUT2D eigenvalue weighted by Crippen LogP contribution is -2.39. The van der Waals surface area contributed by atoms with Crippen molar-refractivity contribution in [2.45, 2.75) is 13.0 Å². The van der Waals surface area contributed by atoms with Crippen molar-refractivity contribution < 1.29 is 4.79 Å². The van der Waals surface area contributed by atoms with Gasteiger partial charge in [0.1, 0.15) is 0 Å². The SMILES string of the molecule is CN=C(NCCc1cccc(C(=O)NC)c1)N(C)Cc1cc(Br)cn1C.I. The van der Waals surface area contributed by atoms with Gasteiger partial charge in [-0.25, -0.2) is 0 Å². The summed E-state index contributed by atoms with van der Waals surface area (Å²) < 4.78 is 3.17. The molecule has 1 aromatic carbocycles. The predicted octanol–water partition coefficient (Wildman–Crippen LogP) is 3.02. The third-order valence-electron chi connectivity index (χ3n) is 4.16. The summed E-state index contributed by atoms with van der Waals surface area (Å²) in [6.45, 7) is 1.50. The Balaban J connectivity index is 0.00000364. The summed E-state index contributed by atoms with van der Waals surface area (Å²) in [5.74, 6) is 0.772. The average Bonchev–Trinajstić information content (AvgIpc) is 2.95. The molecule has 1 amide bonds. The van der Waals surface area contributed by atoms with Crippen molar-refractivity contribution in [2.24, 2.45) is 12.0 Å². The largest absolute Gasteiger partial charge is 0.356 e. The molecule has 0 fully saturated rings. The molecule has 148 valence electrons. The highest BCUT2D eigenvalue weighted by molar-refractivity contribution is 14.0. The highest BCUT2D eigenvalue weighted by atomic mass is 127. The minimum atomic E-state index is -0.0657. The molecule has 0 saturated heterocycles. The smallest absolute Gasteiger partial charge is 0.251 e. The summed E-state index contributed by atoms with van der Waals surface area (Å²) in [6, 6.07) is 9.79. The third-order valence-corrected chi connectivity index (χ3v) is 4.59. The van der Waals surface area contributed by atoms with E-state index in [1.165, 1.54) is 5.69 Å². The van der Waals surface area contributed by atoms with Crippen LogP contribution in [-0.4, -0.2) is 49.0 Å². The molecule has 1 heterocycles. The van der Waals surface area contributed by atoms with Crippen LogP contribution in [0.2, 0.25) is 0 Å². The van der Waals surface area contributed by atoms with Gasteiger partial charge in [-0.05, 0) is 46.1 Å². The van der Waals surface area contributed by atoms with Gasteiger partial charge in [-0.15, -0.1) is 24.0 Å². The molecule has 27 heavy (non-hydrogen) atoms. The molecule has 0 aliphatic heterocycles. The Labute approximate surface area is 186 Å². The Hall–Kier alpha value is -1.55. The Morgan fingerprint density at radius 1 is 1.33 bits per heavy atom. The van der Waals surface area contributed by atoms with E-state index in [0.717, 1.165) is 35.5 Å². The van der Waals surface area contributed by atoms with Crippen LogP contribution >= 0.6 is 39.9 Å². The summed E-state index contributed by atoms with van der Waals surface area (Å²) in [4.78, 5) is 18.2. The van der Waals surface area contributed by atoms with Crippen LogP contribution in [0.3, 0.4) is 0 Å². The van der Waals surface area contributed by atoms with Crippen LogP contribution in [0.15, 0.2) is 46.0 Å². The minimum Gasteiger partial charge on any atom is -0.356 e. The van der Waals surface area contributed by atoms with Crippen LogP contribution in [0.5, 0.6) is 0 Å². The van der Waals surface area contributed by atoms with Gasteiger partial charge in [-0.3, -0.25) is 9.79 Å². The van der Waals surface area contributed by atoms with Gasteiger partial charge in [-0.2, -0.15) is 0 Å². The number of aromatic nitrogens is 1. The van der Waals surface area contributed by atoms with E-state index in [1.807, 2.05) is 44.6 Å². The summed E-state index contributed by atoms with van der Waals surface area (Å²) in [5, 5.41) is 6.03. The number of hydrogen-bond acceptors (Lipinski definition) is 2. The molecule has 0 spiro atoms. The number of aliphatic imine (C=N–C) groups is 1. The van der Waals surface area contributed by atoms with Crippen molar-refractivity contribution in [3.63, 3.8) is 0 Å². The maximum atomic E-state index is 11.7. The third kappa shape index (κ3) is 6.84. The number of carbonyl (C=O) groups excluding carboxylic acids is 1. The maximum absolute atomic E-state index is 11.7. The van der Waals surface area contributed by atoms with E-state index in [4.69, 9.17) is 0 Å². The molecule has 0 bridgehead atoms. The molecule has 0 aliphatic carbocycles. The number of rotatable bonds is 6. The zero-order valence-electron chi connectivity index (χ0n) is 16.1. The molecule has 0 unspecified atom stereocenters. The van der Waals surface area contributed by atoms with E-state index in [1.54, 1.807) is 14.1 Å². The summed E-state index contributed by atoms with van der Waals surface area (Å²) in [6.07, 6.45) is 2.85. The molecular weight excluding hydrogens is 521 g/mol. The zero-order valence-corrected chi connectivity index (χ0v) is 20.0. The van der Waals surface area contributed by atoms with Crippen LogP contribution in [0.4, 0.5) is 0 Å². The quantitative estimate of drug-likeness (QED) is 0.332. The number of nitrogens with one attached hydrogen (secondary N) is 2. The molecule has 1 aromatic heterocycles. The number of carbonyl (C=O) groups is 1. The lowest BCUT2D eigenvalue weighted by atomic mass is 10.1. The van der Waals surface area contributed by atoms with Crippen molar-refractivity contribution in [3.8, 4) is 0 Å². The van der Waals surface area contributed by atoms with Gasteiger partial charge in [0.2, 0.25) is 0 Å². The number of halogens is 2. The second kappa shape index (κ2) is 11.3. The number of guanidine groups is 1. The van der Waals surface area contributed by atoms with Crippen LogP contribution in [0.1, 0.15) is 21.6 Å². The first-order valence-corrected chi connectivity index (χ1v) is 9.27. The molecule has 0 radical (unpaired) electrons. The van der Waals surface area contributed by atoms with Crippen molar-refractivity contribution >= 4 is 51.8 Å². The topological polar surface area (TPSA) is 61.7 Å². The zero-order chi connectivity index (χ0) is 19.1. The summed E-state index contributed by atoms with van der Waals surface area (Å²) >= 11 is 3.50. The Kier molecular flexibility index (Phi) is 9.86. The van der Waals surface area contributed by atoms with Crippen LogP contribution in [0, 0.1) is 0 Å². The fourth-order valence-electron chi connectivity index (χ4n) is 2.76. The normalized spacial score (nSPS) is 10.9. The number of aryl methyl sites for hydroxylation is 1. The van der Waals surface area contributed by atoms with Gasteiger partial charge < -0.3 is 20.1 Å². The first kappa shape index (κ1) is 23.5. The molecular formula is C19H27BrIN5O. The minimum absolute atomic E-state index is 0. The number of amides is 1. The van der Waals surface area contributed by atoms with Crippen molar-refractivity contribution in [1.82, 2.24) is 20.1 Å². The molecule has 0 aliphatic rings. The molecule has 2 rings (SSSR count). The van der Waals surface area contributed by atoms with Gasteiger partial charge in [0.05, 0.1) is 6.54 Å². The van der Waals surface area contributed by atoms with Crippen LogP contribution in [-0.2, 0) is 20.0 Å². The van der Waals surface area contributed by atoms with E-state index >= 15 is 0 Å². The van der Waals surface area contributed by atoms with E-state index in [-0.39, 0.29) is 29.9 Å². The van der Waals surface area contributed by atoms with Crippen molar-refractivity contribution in [1.29, 1.82) is 0 Å². The molecule has 2 N–H and O–H groups in total. The first-order valence-electron chi connectivity index (χ1n) is 8.48.